The fourth-order valence-corrected chi connectivity index (χ4v) is 7.26. The summed E-state index contributed by atoms with van der Waals surface area (Å²) in [6, 6.07) is 4.43. The maximum atomic E-state index is 7.74. The fraction of sp³-hybridized carbons (Fsp3) is 0.556. The van der Waals surface area contributed by atoms with E-state index in [2.05, 4.69) is 51.2 Å². The number of nitrogen functional groups attached to an aromatic ring is 1. The maximum absolute atomic E-state index is 7.74. The minimum absolute atomic E-state index is 0.494. The Labute approximate surface area is 221 Å². The lowest BCUT2D eigenvalue weighted by atomic mass is 9.73. The molecular weight excluding hydrogens is 484 g/mol. The Balaban J connectivity index is 1.39. The first-order valence-electron chi connectivity index (χ1n) is 13.3. The van der Waals surface area contributed by atoms with Crippen LogP contribution >= 0.6 is 11.3 Å². The van der Waals surface area contributed by atoms with E-state index in [4.69, 9.17) is 26.8 Å². The van der Waals surface area contributed by atoms with Crippen molar-refractivity contribution in [2.75, 3.05) is 56.9 Å². The summed E-state index contributed by atoms with van der Waals surface area (Å²) in [6.07, 6.45) is 5.00. The largest absolute Gasteiger partial charge is 0.399 e. The molecule has 3 aromatic rings. The van der Waals surface area contributed by atoms with Gasteiger partial charge in [-0.2, -0.15) is 4.98 Å². The molecule has 1 atom stereocenters. The van der Waals surface area contributed by atoms with Crippen LogP contribution in [0.15, 0.2) is 16.7 Å². The normalized spacial score (nSPS) is 23.1. The lowest BCUT2D eigenvalue weighted by Crippen LogP contribution is -2.44. The molecule has 2 fully saturated rings. The van der Waals surface area contributed by atoms with Gasteiger partial charge in [-0.3, -0.25) is 0 Å². The van der Waals surface area contributed by atoms with E-state index in [1.54, 1.807) is 0 Å². The van der Waals surface area contributed by atoms with Crippen LogP contribution in [0.1, 0.15) is 60.4 Å². The fourth-order valence-electron chi connectivity index (χ4n) is 6.08. The van der Waals surface area contributed by atoms with Crippen molar-refractivity contribution in [3.63, 3.8) is 0 Å². The number of nitrogens with two attached hydrogens (primary N) is 1. The standard InChI is InChI=1S/C27H34N8OS/c1-27(8-4-5-20-22(27)23(29-2)24(28)37-20)26-32-25(33-36-26)19-15-18(17-6-9-30-10-7-17)16-21(31-19)35-13-11-34(3)12-14-35/h15-17,30H,4-14,28H2,1,3H3. The number of fused-ring (bicyclic) bond motifs is 1. The summed E-state index contributed by atoms with van der Waals surface area (Å²) in [6.45, 7) is 15.9. The van der Waals surface area contributed by atoms with Crippen molar-refractivity contribution in [3.8, 4) is 11.5 Å². The Morgan fingerprint density at radius 1 is 1.19 bits per heavy atom. The number of nitrogens with one attached hydrogen (secondary N) is 1. The number of rotatable bonds is 4. The van der Waals surface area contributed by atoms with Gasteiger partial charge in [0.25, 0.3) is 0 Å². The molecule has 5 heterocycles. The van der Waals surface area contributed by atoms with E-state index < -0.39 is 5.41 Å². The van der Waals surface area contributed by atoms with Crippen LogP contribution < -0.4 is 16.0 Å². The van der Waals surface area contributed by atoms with Crippen LogP contribution in [0.25, 0.3) is 16.4 Å². The van der Waals surface area contributed by atoms with Gasteiger partial charge in [0.1, 0.15) is 11.5 Å². The Kier molecular flexibility index (Phi) is 6.39. The van der Waals surface area contributed by atoms with E-state index in [1.807, 2.05) is 0 Å². The quantitative estimate of drug-likeness (QED) is 0.496. The highest BCUT2D eigenvalue weighted by molar-refractivity contribution is 7.16. The van der Waals surface area contributed by atoms with E-state index in [0.717, 1.165) is 88.4 Å². The minimum Gasteiger partial charge on any atom is -0.399 e. The van der Waals surface area contributed by atoms with E-state index in [-0.39, 0.29) is 0 Å². The zero-order chi connectivity index (χ0) is 25.6. The lowest BCUT2D eigenvalue weighted by molar-refractivity contribution is 0.301. The van der Waals surface area contributed by atoms with Gasteiger partial charge in [-0.25, -0.2) is 9.83 Å². The second-order valence-corrected chi connectivity index (χ2v) is 11.9. The number of likely N-dealkylation sites (N-methyl/N-ethyl adjacent to an activating group) is 1. The van der Waals surface area contributed by atoms with E-state index in [9.17, 15) is 0 Å². The van der Waals surface area contributed by atoms with Crippen molar-refractivity contribution >= 4 is 27.8 Å². The van der Waals surface area contributed by atoms with Crippen LogP contribution in [0.2, 0.25) is 0 Å². The predicted octanol–water partition coefficient (Wildman–Crippen LogP) is 4.19. The first kappa shape index (κ1) is 24.3. The molecular formula is C27H34N8OS. The number of thiophene rings is 1. The highest BCUT2D eigenvalue weighted by Crippen LogP contribution is 2.52. The molecule has 1 aliphatic carbocycles. The molecule has 0 saturated carbocycles. The molecule has 6 rings (SSSR count). The third-order valence-corrected chi connectivity index (χ3v) is 9.39. The molecule has 1 unspecified atom stereocenters. The second kappa shape index (κ2) is 9.71. The number of anilines is 2. The number of aromatic nitrogens is 3. The van der Waals surface area contributed by atoms with Crippen LogP contribution in [0, 0.1) is 6.57 Å². The Morgan fingerprint density at radius 3 is 2.73 bits per heavy atom. The highest BCUT2D eigenvalue weighted by atomic mass is 32.1. The summed E-state index contributed by atoms with van der Waals surface area (Å²) in [5, 5.41) is 8.49. The molecule has 3 N–H and O–H groups in total. The molecule has 3 aromatic heterocycles. The molecule has 2 saturated heterocycles. The van der Waals surface area contributed by atoms with Crippen LogP contribution in [0.4, 0.5) is 16.5 Å². The molecule has 0 aromatic carbocycles. The summed E-state index contributed by atoms with van der Waals surface area (Å²) < 4.78 is 5.94. The number of aryl methyl sites for hydroxylation is 1. The summed E-state index contributed by atoms with van der Waals surface area (Å²) in [7, 11) is 2.17. The topological polar surface area (TPSA) is 101 Å². The number of hydrogen-bond acceptors (Lipinski definition) is 9. The van der Waals surface area contributed by atoms with Crippen LogP contribution in [-0.4, -0.2) is 66.3 Å². The molecule has 0 amide bonds. The Hall–Kier alpha value is -3.00. The van der Waals surface area contributed by atoms with Gasteiger partial charge in [0.2, 0.25) is 17.4 Å². The third-order valence-electron chi connectivity index (χ3n) is 8.33. The maximum Gasteiger partial charge on any atom is 0.236 e. The van der Waals surface area contributed by atoms with Crippen molar-refractivity contribution < 1.29 is 4.52 Å². The molecule has 10 heteroatoms. The van der Waals surface area contributed by atoms with E-state index >= 15 is 0 Å². The zero-order valence-corrected chi connectivity index (χ0v) is 22.4. The minimum atomic E-state index is -0.528. The molecule has 9 nitrogen and oxygen atoms in total. The van der Waals surface area contributed by atoms with Crippen LogP contribution in [0.3, 0.4) is 0 Å². The van der Waals surface area contributed by atoms with Gasteiger partial charge in [0.15, 0.2) is 0 Å². The van der Waals surface area contributed by atoms with Gasteiger partial charge in [0, 0.05) is 26.2 Å². The second-order valence-electron chi connectivity index (χ2n) is 10.8. The SMILES string of the molecule is [C-]#[N+]c1c(N)sc2c1C(C)(c1nc(-c3cc(C4CCNCC4)cc(N4CCN(C)CC4)n3)no1)CCC2. The summed E-state index contributed by atoms with van der Waals surface area (Å²) in [5.41, 5.74) is 9.28. The number of hydrogen-bond donors (Lipinski definition) is 2. The van der Waals surface area contributed by atoms with E-state index in [1.165, 1.54) is 21.8 Å². The van der Waals surface area contributed by atoms with Crippen molar-refractivity contribution in [3.05, 3.63) is 45.4 Å². The predicted molar refractivity (Wildman–Crippen MR) is 146 cm³/mol. The van der Waals surface area contributed by atoms with Gasteiger partial charge in [-0.15, -0.1) is 11.3 Å². The van der Waals surface area contributed by atoms with Gasteiger partial charge >= 0.3 is 0 Å². The molecule has 3 aliphatic rings. The van der Waals surface area contributed by atoms with Crippen molar-refractivity contribution in [1.29, 1.82) is 0 Å². The molecule has 0 spiro atoms. The molecule has 0 radical (unpaired) electrons. The molecule has 37 heavy (non-hydrogen) atoms. The summed E-state index contributed by atoms with van der Waals surface area (Å²) in [5.74, 6) is 2.55. The number of piperazine rings is 1. The third kappa shape index (κ3) is 4.39. The molecule has 2 aliphatic heterocycles. The van der Waals surface area contributed by atoms with Crippen LogP contribution in [-0.2, 0) is 11.8 Å². The van der Waals surface area contributed by atoms with Gasteiger partial charge in [0.05, 0.1) is 17.0 Å². The Morgan fingerprint density at radius 2 is 1.97 bits per heavy atom. The smallest absolute Gasteiger partial charge is 0.236 e. The monoisotopic (exact) mass is 518 g/mol. The van der Waals surface area contributed by atoms with Crippen molar-refractivity contribution in [2.24, 2.45) is 0 Å². The van der Waals surface area contributed by atoms with Gasteiger partial charge in [-0.1, -0.05) is 5.16 Å². The number of nitrogens with zero attached hydrogens (tertiary/aromatic N) is 6. The Bertz CT molecular complexity index is 1330. The first-order valence-corrected chi connectivity index (χ1v) is 14.1. The van der Waals surface area contributed by atoms with Crippen LogP contribution in [0.5, 0.6) is 0 Å². The van der Waals surface area contributed by atoms with Gasteiger partial charge in [-0.05, 0) is 93.2 Å². The number of pyridine rings is 1. The number of piperidine rings is 1. The zero-order valence-electron chi connectivity index (χ0n) is 21.6. The summed E-state index contributed by atoms with van der Waals surface area (Å²) in [4.78, 5) is 19.7. The molecule has 194 valence electrons. The lowest BCUT2D eigenvalue weighted by Gasteiger charge is -2.34. The average Bonchev–Trinajstić information content (AvgIpc) is 3.55. The van der Waals surface area contributed by atoms with Crippen molar-refractivity contribution in [2.45, 2.75) is 50.4 Å². The van der Waals surface area contributed by atoms with Gasteiger partial charge < -0.3 is 25.4 Å². The van der Waals surface area contributed by atoms with E-state index in [0.29, 0.717) is 28.3 Å². The average molecular weight is 519 g/mol. The van der Waals surface area contributed by atoms with Crippen molar-refractivity contribution in [1.82, 2.24) is 25.3 Å². The summed E-state index contributed by atoms with van der Waals surface area (Å²) >= 11 is 1.52. The highest BCUT2D eigenvalue weighted by Gasteiger charge is 2.42. The first-order chi connectivity index (χ1) is 18.0. The molecule has 0 bridgehead atoms.